The highest BCUT2D eigenvalue weighted by Crippen LogP contribution is 2.32. The third-order valence-electron chi connectivity index (χ3n) is 4.91. The molecule has 0 fully saturated rings. The van der Waals surface area contributed by atoms with Crippen molar-refractivity contribution in [3.63, 3.8) is 0 Å². The third-order valence-corrected chi connectivity index (χ3v) is 5.89. The number of ether oxygens (including phenoxy) is 2. The molecule has 1 aromatic carbocycles. The van der Waals surface area contributed by atoms with Crippen LogP contribution in [0.15, 0.2) is 69.8 Å². The summed E-state index contributed by atoms with van der Waals surface area (Å²) in [7, 11) is 1.58. The lowest BCUT2D eigenvalue weighted by molar-refractivity contribution is -0.139. The van der Waals surface area contributed by atoms with Crippen molar-refractivity contribution in [3.05, 3.63) is 90.9 Å². The molecule has 0 unspecified atom stereocenters. The van der Waals surface area contributed by atoms with Crippen molar-refractivity contribution in [1.82, 2.24) is 9.55 Å². The maximum absolute atomic E-state index is 13.4. The van der Waals surface area contributed by atoms with Gasteiger partial charge in [-0.15, -0.1) is 0 Å². The maximum atomic E-state index is 13.4. The zero-order valence-electron chi connectivity index (χ0n) is 17.4. The van der Waals surface area contributed by atoms with Crippen molar-refractivity contribution in [2.24, 2.45) is 4.99 Å². The molecule has 4 rings (SSSR count). The normalized spacial score (nSPS) is 16.0. The van der Waals surface area contributed by atoms with E-state index in [2.05, 4.69) is 9.98 Å². The zero-order chi connectivity index (χ0) is 22.0. The lowest BCUT2D eigenvalue weighted by Crippen LogP contribution is -2.39. The number of fused-ring (bicyclic) bond motifs is 1. The molecule has 0 N–H and O–H groups in total. The topological polar surface area (TPSA) is 82.8 Å². The molecule has 31 heavy (non-hydrogen) atoms. The number of carbonyl (C=O) groups is 1. The fourth-order valence-corrected chi connectivity index (χ4v) is 4.58. The molecule has 0 spiro atoms. The first kappa shape index (κ1) is 20.7. The van der Waals surface area contributed by atoms with Crippen LogP contribution in [0.4, 0.5) is 0 Å². The van der Waals surface area contributed by atoms with Crippen molar-refractivity contribution < 1.29 is 14.3 Å². The summed E-state index contributed by atoms with van der Waals surface area (Å²) in [5, 5.41) is 0. The van der Waals surface area contributed by atoms with Crippen molar-refractivity contribution >= 4 is 23.4 Å². The Hall–Kier alpha value is -3.52. The molecule has 158 valence electrons. The van der Waals surface area contributed by atoms with Crippen LogP contribution in [0, 0.1) is 0 Å². The SMILES string of the molecule is CCOC(=O)C1=C(C)N=c2s/c(=C\c3cccnc3)c(=O)n2[C@@H]1c1cccc(OC)c1. The number of methoxy groups -OCH3 is 1. The third kappa shape index (κ3) is 3.94. The fourth-order valence-electron chi connectivity index (χ4n) is 3.53. The number of hydrogen-bond acceptors (Lipinski definition) is 7. The molecule has 0 amide bonds. The van der Waals surface area contributed by atoms with Gasteiger partial charge in [-0.1, -0.05) is 29.5 Å². The summed E-state index contributed by atoms with van der Waals surface area (Å²) in [6.45, 7) is 3.74. The number of hydrogen-bond donors (Lipinski definition) is 0. The van der Waals surface area contributed by atoms with Crippen LogP contribution in [0.2, 0.25) is 0 Å². The average molecular weight is 436 g/mol. The van der Waals surface area contributed by atoms with E-state index in [1.165, 1.54) is 11.3 Å². The van der Waals surface area contributed by atoms with Crippen LogP contribution in [-0.2, 0) is 9.53 Å². The number of esters is 1. The van der Waals surface area contributed by atoms with Gasteiger partial charge < -0.3 is 9.47 Å². The Morgan fingerprint density at radius 1 is 1.29 bits per heavy atom. The monoisotopic (exact) mass is 435 g/mol. The largest absolute Gasteiger partial charge is 0.497 e. The molecule has 1 atom stereocenters. The van der Waals surface area contributed by atoms with Crippen molar-refractivity contribution in [1.29, 1.82) is 0 Å². The molecule has 0 saturated carbocycles. The van der Waals surface area contributed by atoms with E-state index < -0.39 is 12.0 Å². The van der Waals surface area contributed by atoms with Crippen molar-refractivity contribution in [3.8, 4) is 5.75 Å². The van der Waals surface area contributed by atoms with Gasteiger partial charge in [0.25, 0.3) is 5.56 Å². The second-order valence-electron chi connectivity index (χ2n) is 6.87. The lowest BCUT2D eigenvalue weighted by atomic mass is 9.95. The van der Waals surface area contributed by atoms with Gasteiger partial charge in [0.15, 0.2) is 4.80 Å². The number of aromatic nitrogens is 2. The summed E-state index contributed by atoms with van der Waals surface area (Å²) in [6.07, 6.45) is 5.15. The summed E-state index contributed by atoms with van der Waals surface area (Å²) >= 11 is 1.28. The average Bonchev–Trinajstić information content (AvgIpc) is 3.08. The first-order chi connectivity index (χ1) is 15.0. The first-order valence-corrected chi connectivity index (χ1v) is 10.6. The summed E-state index contributed by atoms with van der Waals surface area (Å²) in [5.74, 6) is 0.144. The van der Waals surface area contributed by atoms with Crippen LogP contribution in [0.25, 0.3) is 6.08 Å². The Labute approximate surface area is 182 Å². The molecule has 7 nitrogen and oxygen atoms in total. The highest BCUT2D eigenvalue weighted by atomic mass is 32.1. The first-order valence-electron chi connectivity index (χ1n) is 9.77. The smallest absolute Gasteiger partial charge is 0.338 e. The van der Waals surface area contributed by atoms with Crippen LogP contribution in [0.3, 0.4) is 0 Å². The number of benzene rings is 1. The molecule has 1 aliphatic rings. The number of carbonyl (C=O) groups excluding carboxylic acids is 1. The Balaban J connectivity index is 1.97. The predicted molar refractivity (Wildman–Crippen MR) is 118 cm³/mol. The van der Waals surface area contributed by atoms with Crippen LogP contribution in [-0.4, -0.2) is 29.2 Å². The predicted octanol–water partition coefficient (Wildman–Crippen LogP) is 2.20. The van der Waals surface area contributed by atoms with Gasteiger partial charge in [0.05, 0.1) is 35.6 Å². The van der Waals surface area contributed by atoms with E-state index in [4.69, 9.17) is 9.47 Å². The summed E-state index contributed by atoms with van der Waals surface area (Å²) in [4.78, 5) is 35.5. The van der Waals surface area contributed by atoms with Crippen LogP contribution in [0.1, 0.15) is 31.0 Å². The van der Waals surface area contributed by atoms with Gasteiger partial charge in [-0.05, 0) is 49.2 Å². The van der Waals surface area contributed by atoms with E-state index in [-0.39, 0.29) is 12.2 Å². The zero-order valence-corrected chi connectivity index (χ0v) is 18.2. The minimum Gasteiger partial charge on any atom is -0.497 e. The van der Waals surface area contributed by atoms with Gasteiger partial charge in [-0.2, -0.15) is 0 Å². The molecule has 0 saturated heterocycles. The van der Waals surface area contributed by atoms with Gasteiger partial charge in [-0.25, -0.2) is 9.79 Å². The van der Waals surface area contributed by atoms with E-state index in [0.29, 0.717) is 26.4 Å². The molecule has 1 aliphatic heterocycles. The minimum absolute atomic E-state index is 0.227. The summed E-state index contributed by atoms with van der Waals surface area (Å²) < 4.78 is 12.7. The highest BCUT2D eigenvalue weighted by Gasteiger charge is 2.33. The number of allylic oxidation sites excluding steroid dienone is 1. The highest BCUT2D eigenvalue weighted by molar-refractivity contribution is 7.07. The lowest BCUT2D eigenvalue weighted by Gasteiger charge is -2.25. The van der Waals surface area contributed by atoms with Crippen molar-refractivity contribution in [2.75, 3.05) is 13.7 Å². The van der Waals surface area contributed by atoms with E-state index in [1.807, 2.05) is 36.4 Å². The van der Waals surface area contributed by atoms with E-state index in [9.17, 15) is 9.59 Å². The number of pyridine rings is 1. The van der Waals surface area contributed by atoms with Crippen LogP contribution < -0.4 is 19.6 Å². The Bertz CT molecular complexity index is 1340. The molecule has 3 aromatic rings. The molecule has 3 heterocycles. The summed E-state index contributed by atoms with van der Waals surface area (Å²) in [5.41, 5.74) is 2.20. The minimum atomic E-state index is -0.665. The number of rotatable bonds is 5. The van der Waals surface area contributed by atoms with Gasteiger partial charge in [0, 0.05) is 12.4 Å². The maximum Gasteiger partial charge on any atom is 0.338 e. The van der Waals surface area contributed by atoms with Crippen LogP contribution in [0.5, 0.6) is 5.75 Å². The molecule has 0 aliphatic carbocycles. The van der Waals surface area contributed by atoms with Crippen LogP contribution >= 0.6 is 11.3 Å². The Morgan fingerprint density at radius 2 is 2.13 bits per heavy atom. The van der Waals surface area contributed by atoms with Gasteiger partial charge >= 0.3 is 5.97 Å². The standard InChI is InChI=1S/C23H21N3O4S/c1-4-30-22(28)19-14(2)25-23-26(20(19)16-8-5-9-17(12-16)29-3)21(27)18(31-23)11-15-7-6-10-24-13-15/h5-13,20H,4H2,1-3H3/b18-11-/t20-/m1/s1. The van der Waals surface area contributed by atoms with E-state index in [1.54, 1.807) is 44.0 Å². The quantitative estimate of drug-likeness (QED) is 0.574. The molecule has 8 heteroatoms. The van der Waals surface area contributed by atoms with Crippen molar-refractivity contribution in [2.45, 2.75) is 19.9 Å². The van der Waals surface area contributed by atoms with Gasteiger partial charge in [0.2, 0.25) is 0 Å². The summed E-state index contributed by atoms with van der Waals surface area (Å²) in [6, 6.07) is 10.4. The van der Waals surface area contributed by atoms with Gasteiger partial charge in [-0.3, -0.25) is 14.3 Å². The number of thiazole rings is 1. The fraction of sp³-hybridized carbons (Fsp3) is 0.217. The van der Waals surface area contributed by atoms with E-state index in [0.717, 1.165) is 11.1 Å². The second kappa shape index (κ2) is 8.69. The number of nitrogens with zero attached hydrogens (tertiary/aromatic N) is 3. The van der Waals surface area contributed by atoms with Gasteiger partial charge in [0.1, 0.15) is 5.75 Å². The van der Waals surface area contributed by atoms with E-state index >= 15 is 0 Å². The molecule has 0 radical (unpaired) electrons. The molecular formula is C23H21N3O4S. The second-order valence-corrected chi connectivity index (χ2v) is 7.87. The molecular weight excluding hydrogens is 414 g/mol. The molecule has 0 bridgehead atoms. The molecule has 2 aromatic heterocycles. The Kier molecular flexibility index (Phi) is 5.81. The Morgan fingerprint density at radius 3 is 2.84 bits per heavy atom.